The van der Waals surface area contributed by atoms with Crippen LogP contribution >= 0.6 is 11.6 Å². The van der Waals surface area contributed by atoms with Gasteiger partial charge in [-0.1, -0.05) is 11.6 Å². The molecule has 1 N–H and O–H groups in total. The average molecular weight is 243 g/mol. The monoisotopic (exact) mass is 242 g/mol. The van der Waals surface area contributed by atoms with Gasteiger partial charge in [0, 0.05) is 26.2 Å². The molecule has 16 heavy (non-hydrogen) atoms. The summed E-state index contributed by atoms with van der Waals surface area (Å²) in [6, 6.07) is 0. The molecule has 6 heteroatoms. The maximum absolute atomic E-state index is 5.92. The maximum atomic E-state index is 5.92. The SMILES string of the molecule is Clc1cncnc1NCCN1CCOCC1. The lowest BCUT2D eigenvalue weighted by molar-refractivity contribution is 0.0398. The second kappa shape index (κ2) is 5.98. The number of nitrogens with one attached hydrogen (secondary N) is 1. The summed E-state index contributed by atoms with van der Waals surface area (Å²) in [5, 5.41) is 3.75. The zero-order valence-corrected chi connectivity index (χ0v) is 9.78. The zero-order valence-electron chi connectivity index (χ0n) is 9.03. The molecule has 0 unspecified atom stereocenters. The average Bonchev–Trinajstić information content (AvgIpc) is 2.33. The Labute approximate surface area is 99.8 Å². The van der Waals surface area contributed by atoms with Gasteiger partial charge < -0.3 is 10.1 Å². The van der Waals surface area contributed by atoms with Crippen LogP contribution < -0.4 is 5.32 Å². The first kappa shape index (κ1) is 11.6. The Morgan fingerprint density at radius 2 is 2.25 bits per heavy atom. The molecule has 0 atom stereocenters. The van der Waals surface area contributed by atoms with E-state index in [4.69, 9.17) is 16.3 Å². The number of hydrogen-bond acceptors (Lipinski definition) is 5. The lowest BCUT2D eigenvalue weighted by Crippen LogP contribution is -2.39. The van der Waals surface area contributed by atoms with Gasteiger partial charge >= 0.3 is 0 Å². The molecule has 0 bridgehead atoms. The Hall–Kier alpha value is -0.910. The quantitative estimate of drug-likeness (QED) is 0.849. The second-order valence-corrected chi connectivity index (χ2v) is 4.01. The number of rotatable bonds is 4. The van der Waals surface area contributed by atoms with Crippen LogP contribution in [-0.4, -0.2) is 54.3 Å². The second-order valence-electron chi connectivity index (χ2n) is 3.60. The predicted molar refractivity (Wildman–Crippen MR) is 62.8 cm³/mol. The minimum Gasteiger partial charge on any atom is -0.379 e. The summed E-state index contributed by atoms with van der Waals surface area (Å²) >= 11 is 5.92. The van der Waals surface area contributed by atoms with Crippen molar-refractivity contribution in [1.82, 2.24) is 14.9 Å². The highest BCUT2D eigenvalue weighted by atomic mass is 35.5. The van der Waals surface area contributed by atoms with Gasteiger partial charge in [-0.3, -0.25) is 4.90 Å². The van der Waals surface area contributed by atoms with Crippen molar-refractivity contribution in [2.75, 3.05) is 44.7 Å². The van der Waals surface area contributed by atoms with E-state index in [1.165, 1.54) is 6.33 Å². The molecule has 5 nitrogen and oxygen atoms in total. The van der Waals surface area contributed by atoms with Gasteiger partial charge in [0.05, 0.1) is 19.4 Å². The Kier molecular flexibility index (Phi) is 4.33. The Morgan fingerprint density at radius 3 is 3.00 bits per heavy atom. The van der Waals surface area contributed by atoms with Gasteiger partial charge in [0.2, 0.25) is 0 Å². The minimum absolute atomic E-state index is 0.560. The normalized spacial score (nSPS) is 17.3. The van der Waals surface area contributed by atoms with Gasteiger partial charge in [0.15, 0.2) is 0 Å². The molecule has 1 aliphatic rings. The fraction of sp³-hybridized carbons (Fsp3) is 0.600. The lowest BCUT2D eigenvalue weighted by Gasteiger charge is -2.26. The molecule has 1 saturated heterocycles. The van der Waals surface area contributed by atoms with Crippen LogP contribution in [0.2, 0.25) is 5.02 Å². The van der Waals surface area contributed by atoms with Crippen LogP contribution in [-0.2, 0) is 4.74 Å². The van der Waals surface area contributed by atoms with Crippen LogP contribution in [0.5, 0.6) is 0 Å². The summed E-state index contributed by atoms with van der Waals surface area (Å²) in [7, 11) is 0. The van der Waals surface area contributed by atoms with Crippen molar-refractivity contribution in [1.29, 1.82) is 0 Å². The van der Waals surface area contributed by atoms with E-state index in [-0.39, 0.29) is 0 Å². The van der Waals surface area contributed by atoms with Gasteiger partial charge in [0.1, 0.15) is 17.2 Å². The topological polar surface area (TPSA) is 50.3 Å². The number of halogens is 1. The van der Waals surface area contributed by atoms with Crippen LogP contribution in [0.15, 0.2) is 12.5 Å². The van der Waals surface area contributed by atoms with E-state index < -0.39 is 0 Å². The van der Waals surface area contributed by atoms with Crippen molar-refractivity contribution in [3.05, 3.63) is 17.5 Å². The van der Waals surface area contributed by atoms with Crippen LogP contribution in [0.3, 0.4) is 0 Å². The van der Waals surface area contributed by atoms with Crippen LogP contribution in [0.25, 0.3) is 0 Å². The summed E-state index contributed by atoms with van der Waals surface area (Å²) < 4.78 is 5.28. The number of morpholine rings is 1. The number of hydrogen-bond donors (Lipinski definition) is 1. The van der Waals surface area contributed by atoms with Crippen molar-refractivity contribution in [3.8, 4) is 0 Å². The molecule has 88 valence electrons. The molecule has 0 amide bonds. The van der Waals surface area contributed by atoms with Crippen molar-refractivity contribution < 1.29 is 4.74 Å². The third-order valence-electron chi connectivity index (χ3n) is 2.49. The first-order valence-corrected chi connectivity index (χ1v) is 5.73. The van der Waals surface area contributed by atoms with Crippen molar-refractivity contribution in [2.24, 2.45) is 0 Å². The summed E-state index contributed by atoms with van der Waals surface area (Å²) in [5.41, 5.74) is 0. The highest BCUT2D eigenvalue weighted by Crippen LogP contribution is 2.15. The van der Waals surface area contributed by atoms with E-state index in [9.17, 15) is 0 Å². The molecule has 0 saturated carbocycles. The Balaban J connectivity index is 1.73. The summed E-state index contributed by atoms with van der Waals surface area (Å²) in [5.74, 6) is 0.699. The smallest absolute Gasteiger partial charge is 0.148 e. The minimum atomic E-state index is 0.560. The van der Waals surface area contributed by atoms with Crippen LogP contribution in [0.4, 0.5) is 5.82 Å². The van der Waals surface area contributed by atoms with Gasteiger partial charge in [-0.15, -0.1) is 0 Å². The standard InChI is InChI=1S/C10H15ClN4O/c11-9-7-12-8-14-10(9)13-1-2-15-3-5-16-6-4-15/h7-8H,1-6H2,(H,12,13,14). The van der Waals surface area contributed by atoms with Crippen molar-refractivity contribution in [2.45, 2.75) is 0 Å². The van der Waals surface area contributed by atoms with Crippen molar-refractivity contribution >= 4 is 17.4 Å². The van der Waals surface area contributed by atoms with Crippen LogP contribution in [0.1, 0.15) is 0 Å². The Bertz CT molecular complexity index is 330. The maximum Gasteiger partial charge on any atom is 0.148 e. The first-order valence-electron chi connectivity index (χ1n) is 5.36. The molecule has 0 aliphatic carbocycles. The van der Waals surface area contributed by atoms with Gasteiger partial charge in [-0.25, -0.2) is 9.97 Å². The number of aromatic nitrogens is 2. The highest BCUT2D eigenvalue weighted by molar-refractivity contribution is 6.32. The number of nitrogens with zero attached hydrogens (tertiary/aromatic N) is 3. The molecular formula is C10H15ClN4O. The molecule has 1 aliphatic heterocycles. The molecule has 2 rings (SSSR count). The fourth-order valence-electron chi connectivity index (χ4n) is 1.60. The molecule has 1 aromatic heterocycles. The summed E-state index contributed by atoms with van der Waals surface area (Å²) in [4.78, 5) is 10.2. The van der Waals surface area contributed by atoms with E-state index in [1.54, 1.807) is 6.20 Å². The molecule has 0 spiro atoms. The third-order valence-corrected chi connectivity index (χ3v) is 2.77. The van der Waals surface area contributed by atoms with E-state index in [2.05, 4.69) is 20.2 Å². The van der Waals surface area contributed by atoms with E-state index in [1.807, 2.05) is 0 Å². The van der Waals surface area contributed by atoms with Gasteiger partial charge in [-0.05, 0) is 0 Å². The molecule has 1 aromatic rings. The molecule has 2 heterocycles. The molecule has 0 radical (unpaired) electrons. The predicted octanol–water partition coefficient (Wildman–Crippen LogP) is 0.874. The van der Waals surface area contributed by atoms with E-state index in [0.717, 1.165) is 39.4 Å². The van der Waals surface area contributed by atoms with E-state index in [0.29, 0.717) is 10.8 Å². The fourth-order valence-corrected chi connectivity index (χ4v) is 1.77. The number of ether oxygens (including phenoxy) is 1. The molecular weight excluding hydrogens is 228 g/mol. The molecule has 1 fully saturated rings. The third kappa shape index (κ3) is 3.30. The van der Waals surface area contributed by atoms with E-state index >= 15 is 0 Å². The summed E-state index contributed by atoms with van der Waals surface area (Å²) in [6.45, 7) is 5.46. The van der Waals surface area contributed by atoms with Crippen LogP contribution in [0, 0.1) is 0 Å². The van der Waals surface area contributed by atoms with Gasteiger partial charge in [-0.2, -0.15) is 0 Å². The Morgan fingerprint density at radius 1 is 1.44 bits per heavy atom. The zero-order chi connectivity index (χ0) is 11.2. The number of anilines is 1. The lowest BCUT2D eigenvalue weighted by atomic mass is 10.4. The first-order chi connectivity index (χ1) is 7.86. The summed E-state index contributed by atoms with van der Waals surface area (Å²) in [6.07, 6.45) is 3.08. The highest BCUT2D eigenvalue weighted by Gasteiger charge is 2.09. The van der Waals surface area contributed by atoms with Gasteiger partial charge in [0.25, 0.3) is 0 Å². The van der Waals surface area contributed by atoms with Crippen molar-refractivity contribution in [3.63, 3.8) is 0 Å². The largest absolute Gasteiger partial charge is 0.379 e. The molecule has 0 aromatic carbocycles.